The summed E-state index contributed by atoms with van der Waals surface area (Å²) in [6, 6.07) is 0. The first kappa shape index (κ1) is 10.2. The largest absolute Gasteiger partial charge is 0.448 e. The molecule has 0 rings (SSSR count). The third-order valence-corrected chi connectivity index (χ3v) is 0.901. The molecular weight excluding hydrogens is 150 g/mol. The summed E-state index contributed by atoms with van der Waals surface area (Å²) in [6.45, 7) is 1.99. The fourth-order valence-corrected chi connectivity index (χ4v) is 0.445. The topological polar surface area (TPSA) is 59.0 Å². The first-order valence-electron chi connectivity index (χ1n) is 3.36. The summed E-state index contributed by atoms with van der Waals surface area (Å²) in [5.41, 5.74) is 0. The Bertz CT molecular complexity index is 117. The Morgan fingerprint density at radius 1 is 1.64 bits per heavy atom. The van der Waals surface area contributed by atoms with Crippen molar-refractivity contribution in [3.8, 4) is 0 Å². The molecule has 0 aromatic heterocycles. The average molecular weight is 163 g/mol. The van der Waals surface area contributed by atoms with Crippen molar-refractivity contribution in [3.05, 3.63) is 0 Å². The molecule has 0 radical (unpaired) electrons. The quantitative estimate of drug-likeness (QED) is 0.592. The zero-order valence-electron chi connectivity index (χ0n) is 6.74. The number of nitrogens with zero attached hydrogens (tertiary/aromatic N) is 1. The fourth-order valence-electron chi connectivity index (χ4n) is 0.445. The van der Waals surface area contributed by atoms with Crippen molar-refractivity contribution in [1.82, 2.24) is 5.06 Å². The van der Waals surface area contributed by atoms with Crippen LogP contribution in [0.4, 0.5) is 4.79 Å². The molecule has 5 heteroatoms. The van der Waals surface area contributed by atoms with Crippen LogP contribution >= 0.6 is 0 Å². The van der Waals surface area contributed by atoms with Gasteiger partial charge in [0, 0.05) is 7.05 Å². The molecule has 5 nitrogen and oxygen atoms in total. The van der Waals surface area contributed by atoms with E-state index in [0.717, 1.165) is 5.06 Å². The highest BCUT2D eigenvalue weighted by molar-refractivity contribution is 5.65. The van der Waals surface area contributed by atoms with Crippen LogP contribution in [0.15, 0.2) is 0 Å². The number of hydrogen-bond acceptors (Lipinski definition) is 4. The molecule has 1 N–H and O–H groups in total. The highest BCUT2D eigenvalue weighted by atomic mass is 16.7. The normalized spacial score (nSPS) is 9.36. The van der Waals surface area contributed by atoms with E-state index in [1.165, 1.54) is 7.05 Å². The Morgan fingerprint density at radius 2 is 2.27 bits per heavy atom. The maximum Gasteiger partial charge on any atom is 0.433 e. The Hall–Kier alpha value is -0.810. The van der Waals surface area contributed by atoms with Gasteiger partial charge in [-0.25, -0.2) is 4.79 Å². The second-order valence-corrected chi connectivity index (χ2v) is 1.75. The van der Waals surface area contributed by atoms with Crippen molar-refractivity contribution in [2.24, 2.45) is 0 Å². The lowest BCUT2D eigenvalue weighted by atomic mass is 10.8. The van der Waals surface area contributed by atoms with Crippen LogP contribution in [0.25, 0.3) is 0 Å². The molecule has 0 aliphatic rings. The van der Waals surface area contributed by atoms with Gasteiger partial charge in [-0.05, 0) is 6.92 Å². The minimum Gasteiger partial charge on any atom is -0.448 e. The molecule has 0 aliphatic heterocycles. The average Bonchev–Trinajstić information content (AvgIpc) is 2.00. The minimum atomic E-state index is -0.555. The number of carbonyl (C=O) groups excluding carboxylic acids is 1. The molecule has 0 heterocycles. The first-order valence-corrected chi connectivity index (χ1v) is 3.36. The summed E-state index contributed by atoms with van der Waals surface area (Å²) in [5.74, 6) is 0. The standard InChI is InChI=1S/C6H13NO4/c1-3-10-6(9)7(2)11-5-4-8/h8H,3-5H2,1-2H3. The van der Waals surface area contributed by atoms with E-state index in [-0.39, 0.29) is 13.2 Å². The van der Waals surface area contributed by atoms with Crippen LogP contribution in [-0.2, 0) is 9.57 Å². The van der Waals surface area contributed by atoms with Crippen molar-refractivity contribution in [2.75, 3.05) is 26.9 Å². The van der Waals surface area contributed by atoms with Gasteiger partial charge in [-0.2, -0.15) is 5.06 Å². The third-order valence-electron chi connectivity index (χ3n) is 0.901. The summed E-state index contributed by atoms with van der Waals surface area (Å²) in [7, 11) is 1.42. The molecule has 0 bridgehead atoms. The lowest BCUT2D eigenvalue weighted by molar-refractivity contribution is -0.126. The van der Waals surface area contributed by atoms with Crippen molar-refractivity contribution < 1.29 is 19.5 Å². The van der Waals surface area contributed by atoms with E-state index in [4.69, 9.17) is 9.94 Å². The lowest BCUT2D eigenvalue weighted by Crippen LogP contribution is -2.28. The highest BCUT2D eigenvalue weighted by Crippen LogP contribution is 1.90. The van der Waals surface area contributed by atoms with Crippen molar-refractivity contribution in [3.63, 3.8) is 0 Å². The Kier molecular flexibility index (Phi) is 5.50. The number of hydrogen-bond donors (Lipinski definition) is 1. The molecule has 0 aromatic carbocycles. The van der Waals surface area contributed by atoms with Gasteiger partial charge in [-0.1, -0.05) is 0 Å². The van der Waals surface area contributed by atoms with E-state index in [2.05, 4.69) is 4.74 Å². The van der Waals surface area contributed by atoms with Gasteiger partial charge < -0.3 is 9.84 Å². The SMILES string of the molecule is CCOC(=O)N(C)OCCO. The van der Waals surface area contributed by atoms with E-state index < -0.39 is 6.09 Å². The van der Waals surface area contributed by atoms with E-state index in [1.54, 1.807) is 6.92 Å². The predicted octanol–water partition coefficient (Wildman–Crippen LogP) is -0.00140. The Balaban J connectivity index is 3.46. The number of hydroxylamine groups is 2. The van der Waals surface area contributed by atoms with Gasteiger partial charge in [0.15, 0.2) is 0 Å². The summed E-state index contributed by atoms with van der Waals surface area (Å²) >= 11 is 0. The molecule has 11 heavy (non-hydrogen) atoms. The van der Waals surface area contributed by atoms with Crippen molar-refractivity contribution >= 4 is 6.09 Å². The van der Waals surface area contributed by atoms with Crippen LogP contribution in [0.5, 0.6) is 0 Å². The Labute approximate surface area is 65.5 Å². The van der Waals surface area contributed by atoms with Gasteiger partial charge in [-0.15, -0.1) is 0 Å². The molecule has 0 aromatic rings. The summed E-state index contributed by atoms with van der Waals surface area (Å²) in [6.07, 6.45) is -0.555. The van der Waals surface area contributed by atoms with Crippen molar-refractivity contribution in [1.29, 1.82) is 0 Å². The number of carbonyl (C=O) groups is 1. The molecule has 0 fully saturated rings. The molecule has 0 unspecified atom stereocenters. The van der Waals surface area contributed by atoms with Gasteiger partial charge in [0.2, 0.25) is 0 Å². The van der Waals surface area contributed by atoms with Crippen LogP contribution in [0.1, 0.15) is 6.92 Å². The number of aliphatic hydroxyl groups excluding tert-OH is 1. The fraction of sp³-hybridized carbons (Fsp3) is 0.833. The summed E-state index contributed by atoms with van der Waals surface area (Å²) in [4.78, 5) is 15.5. The Morgan fingerprint density at radius 3 is 2.73 bits per heavy atom. The number of rotatable bonds is 4. The maximum absolute atomic E-state index is 10.7. The minimum absolute atomic E-state index is 0.0926. The number of amides is 1. The van der Waals surface area contributed by atoms with Gasteiger partial charge in [0.1, 0.15) is 0 Å². The van der Waals surface area contributed by atoms with E-state index in [0.29, 0.717) is 6.61 Å². The smallest absolute Gasteiger partial charge is 0.433 e. The molecular formula is C6H13NO4. The molecule has 0 saturated heterocycles. The highest BCUT2D eigenvalue weighted by Gasteiger charge is 2.07. The number of ether oxygens (including phenoxy) is 1. The second-order valence-electron chi connectivity index (χ2n) is 1.75. The molecule has 0 spiro atoms. The monoisotopic (exact) mass is 163 g/mol. The van der Waals surface area contributed by atoms with Gasteiger partial charge in [-0.3, -0.25) is 4.84 Å². The lowest BCUT2D eigenvalue weighted by Gasteiger charge is -2.14. The number of aliphatic hydroxyl groups is 1. The van der Waals surface area contributed by atoms with Crippen molar-refractivity contribution in [2.45, 2.75) is 6.92 Å². The first-order chi connectivity index (χ1) is 5.22. The summed E-state index contributed by atoms with van der Waals surface area (Å²) < 4.78 is 4.58. The van der Waals surface area contributed by atoms with E-state index in [9.17, 15) is 4.79 Å². The van der Waals surface area contributed by atoms with Crippen LogP contribution in [0, 0.1) is 0 Å². The predicted molar refractivity (Wildman–Crippen MR) is 37.8 cm³/mol. The van der Waals surface area contributed by atoms with E-state index in [1.807, 2.05) is 0 Å². The van der Waals surface area contributed by atoms with Gasteiger partial charge >= 0.3 is 6.09 Å². The second kappa shape index (κ2) is 5.94. The van der Waals surface area contributed by atoms with Gasteiger partial charge in [0.25, 0.3) is 0 Å². The van der Waals surface area contributed by atoms with E-state index >= 15 is 0 Å². The van der Waals surface area contributed by atoms with Crippen LogP contribution < -0.4 is 0 Å². The van der Waals surface area contributed by atoms with Crippen LogP contribution in [0.3, 0.4) is 0 Å². The maximum atomic E-state index is 10.7. The van der Waals surface area contributed by atoms with Crippen LogP contribution in [-0.4, -0.2) is 43.1 Å². The summed E-state index contributed by atoms with van der Waals surface area (Å²) in [5, 5.41) is 9.27. The molecule has 0 saturated carbocycles. The van der Waals surface area contributed by atoms with Gasteiger partial charge in [0.05, 0.1) is 19.8 Å². The zero-order chi connectivity index (χ0) is 8.69. The molecule has 66 valence electrons. The zero-order valence-corrected chi connectivity index (χ0v) is 6.74. The molecule has 0 aliphatic carbocycles. The molecule has 1 amide bonds. The molecule has 0 atom stereocenters. The third kappa shape index (κ3) is 4.58. The van der Waals surface area contributed by atoms with Crippen LogP contribution in [0.2, 0.25) is 0 Å².